The molecule has 0 unspecified atom stereocenters. The first-order valence-electron chi connectivity index (χ1n) is 4.27. The first-order valence-corrected chi connectivity index (χ1v) is 5.66. The molecule has 0 aliphatic rings. The highest BCUT2D eigenvalue weighted by molar-refractivity contribution is 7.98. The lowest BCUT2D eigenvalue weighted by atomic mass is 10.1. The molecule has 0 saturated carbocycles. The van der Waals surface area contributed by atoms with Crippen LogP contribution in [0.2, 0.25) is 0 Å². The summed E-state index contributed by atoms with van der Waals surface area (Å²) in [7, 11) is 0. The van der Waals surface area contributed by atoms with Gasteiger partial charge in [-0.15, -0.1) is 0 Å². The Bertz CT molecular complexity index is 166. The van der Waals surface area contributed by atoms with E-state index in [4.69, 9.17) is 0 Å². The molecular formula is C11H18S. The molecule has 0 spiro atoms. The molecule has 1 heteroatoms. The van der Waals surface area contributed by atoms with Gasteiger partial charge in [0.25, 0.3) is 0 Å². The minimum Gasteiger partial charge on any atom is -0.165 e. The maximum absolute atomic E-state index is 3.97. The zero-order valence-corrected chi connectivity index (χ0v) is 8.86. The largest absolute Gasteiger partial charge is 0.165 e. The van der Waals surface area contributed by atoms with E-state index in [-0.39, 0.29) is 0 Å². The van der Waals surface area contributed by atoms with Crippen LogP contribution in [-0.2, 0) is 0 Å². The molecule has 0 aromatic rings. The van der Waals surface area contributed by atoms with E-state index in [1.807, 2.05) is 36.9 Å². The summed E-state index contributed by atoms with van der Waals surface area (Å²) in [5, 5.41) is 0. The average Bonchev–Trinajstić information content (AvgIpc) is 2.06. The molecule has 0 aliphatic carbocycles. The van der Waals surface area contributed by atoms with Gasteiger partial charge in [-0.25, -0.2) is 0 Å². The summed E-state index contributed by atoms with van der Waals surface area (Å²) < 4.78 is 0. The van der Waals surface area contributed by atoms with E-state index in [2.05, 4.69) is 18.9 Å². The number of thioether (sulfide) groups is 1. The first-order chi connectivity index (χ1) is 5.81. The molecule has 0 bridgehead atoms. The van der Waals surface area contributed by atoms with E-state index in [0.717, 1.165) is 6.42 Å². The van der Waals surface area contributed by atoms with Crippen LogP contribution in [0.1, 0.15) is 19.8 Å². The number of allylic oxidation sites excluding steroid dienone is 5. The van der Waals surface area contributed by atoms with Crippen LogP contribution in [0.4, 0.5) is 0 Å². The van der Waals surface area contributed by atoms with E-state index >= 15 is 0 Å². The highest BCUT2D eigenvalue weighted by Crippen LogP contribution is 2.07. The fourth-order valence-electron chi connectivity index (χ4n) is 0.830. The van der Waals surface area contributed by atoms with Crippen molar-refractivity contribution >= 4 is 11.8 Å². The van der Waals surface area contributed by atoms with E-state index in [9.17, 15) is 0 Å². The van der Waals surface area contributed by atoms with Crippen molar-refractivity contribution in [3.05, 3.63) is 36.5 Å². The Morgan fingerprint density at radius 3 is 2.75 bits per heavy atom. The maximum atomic E-state index is 3.97. The van der Waals surface area contributed by atoms with Gasteiger partial charge in [0.15, 0.2) is 0 Å². The van der Waals surface area contributed by atoms with Gasteiger partial charge in [0, 0.05) is 0 Å². The summed E-state index contributed by atoms with van der Waals surface area (Å²) in [6, 6.07) is 0. The van der Waals surface area contributed by atoms with Gasteiger partial charge in [-0.2, -0.15) is 11.8 Å². The lowest BCUT2D eigenvalue weighted by Crippen LogP contribution is -1.80. The normalized spacial score (nSPS) is 11.5. The Morgan fingerprint density at radius 2 is 2.17 bits per heavy atom. The van der Waals surface area contributed by atoms with Crippen molar-refractivity contribution in [3.8, 4) is 0 Å². The lowest BCUT2D eigenvalue weighted by Gasteiger charge is -1.97. The van der Waals surface area contributed by atoms with Gasteiger partial charge in [0.1, 0.15) is 0 Å². The standard InChI is InChI=1S/C11H18S/c1-4-5-6-8-11(2)9-7-10-12-3/h4-6,8H,2,7,9-10H2,1,3H3/b5-4-,8-6-. The molecule has 0 heterocycles. The molecule has 0 amide bonds. The molecule has 0 aromatic heterocycles. The summed E-state index contributed by atoms with van der Waals surface area (Å²) in [4.78, 5) is 0. The predicted molar refractivity (Wildman–Crippen MR) is 60.7 cm³/mol. The number of hydrogen-bond acceptors (Lipinski definition) is 1. The minimum absolute atomic E-state index is 1.12. The molecule has 68 valence electrons. The van der Waals surface area contributed by atoms with Crippen molar-refractivity contribution in [2.75, 3.05) is 12.0 Å². The highest BCUT2D eigenvalue weighted by Gasteiger charge is 1.88. The molecule has 0 saturated heterocycles. The van der Waals surface area contributed by atoms with E-state index in [1.165, 1.54) is 17.7 Å². The van der Waals surface area contributed by atoms with Gasteiger partial charge < -0.3 is 0 Å². The second-order valence-electron chi connectivity index (χ2n) is 2.64. The van der Waals surface area contributed by atoms with Crippen molar-refractivity contribution in [2.24, 2.45) is 0 Å². The zero-order valence-electron chi connectivity index (χ0n) is 8.05. The molecule has 0 N–H and O–H groups in total. The Morgan fingerprint density at radius 1 is 1.42 bits per heavy atom. The number of hydrogen-bond donors (Lipinski definition) is 0. The quantitative estimate of drug-likeness (QED) is 0.444. The Hall–Kier alpha value is -0.430. The van der Waals surface area contributed by atoms with Crippen molar-refractivity contribution < 1.29 is 0 Å². The van der Waals surface area contributed by atoms with Crippen molar-refractivity contribution in [2.45, 2.75) is 19.8 Å². The minimum atomic E-state index is 1.12. The van der Waals surface area contributed by atoms with Crippen LogP contribution in [0.3, 0.4) is 0 Å². The zero-order chi connectivity index (χ0) is 9.23. The molecular weight excluding hydrogens is 164 g/mol. The lowest BCUT2D eigenvalue weighted by molar-refractivity contribution is 0.943. The van der Waals surface area contributed by atoms with Gasteiger partial charge in [-0.1, -0.05) is 36.5 Å². The third-order valence-electron chi connectivity index (χ3n) is 1.48. The van der Waals surface area contributed by atoms with Crippen LogP contribution in [0.5, 0.6) is 0 Å². The molecule has 0 aromatic carbocycles. The molecule has 0 aliphatic heterocycles. The summed E-state index contributed by atoms with van der Waals surface area (Å²) in [6.45, 7) is 5.98. The third-order valence-corrected chi connectivity index (χ3v) is 2.18. The Kier molecular flexibility index (Phi) is 8.35. The summed E-state index contributed by atoms with van der Waals surface area (Å²) in [6.07, 6.45) is 12.7. The molecule has 0 radical (unpaired) electrons. The van der Waals surface area contributed by atoms with Crippen LogP contribution >= 0.6 is 11.8 Å². The molecule has 0 fully saturated rings. The van der Waals surface area contributed by atoms with Crippen LogP contribution in [0.25, 0.3) is 0 Å². The third kappa shape index (κ3) is 7.67. The molecule has 0 atom stereocenters. The van der Waals surface area contributed by atoms with Crippen LogP contribution in [0, 0.1) is 0 Å². The summed E-state index contributed by atoms with van der Waals surface area (Å²) >= 11 is 1.89. The van der Waals surface area contributed by atoms with Crippen molar-refractivity contribution in [1.82, 2.24) is 0 Å². The second-order valence-corrected chi connectivity index (χ2v) is 3.63. The summed E-state index contributed by atoms with van der Waals surface area (Å²) in [5.41, 5.74) is 1.22. The van der Waals surface area contributed by atoms with E-state index in [0.29, 0.717) is 0 Å². The molecule has 0 nitrogen and oxygen atoms in total. The van der Waals surface area contributed by atoms with Gasteiger partial charge in [-0.3, -0.25) is 0 Å². The molecule has 12 heavy (non-hydrogen) atoms. The Labute approximate surface area is 80.4 Å². The van der Waals surface area contributed by atoms with Crippen LogP contribution in [-0.4, -0.2) is 12.0 Å². The second kappa shape index (κ2) is 8.66. The Balaban J connectivity index is 3.45. The average molecular weight is 182 g/mol. The summed E-state index contributed by atoms with van der Waals surface area (Å²) in [5.74, 6) is 1.23. The van der Waals surface area contributed by atoms with Crippen LogP contribution < -0.4 is 0 Å². The van der Waals surface area contributed by atoms with Crippen molar-refractivity contribution in [3.63, 3.8) is 0 Å². The topological polar surface area (TPSA) is 0 Å². The maximum Gasteiger partial charge on any atom is -0.00672 e. The predicted octanol–water partition coefficient (Wildman–Crippen LogP) is 3.82. The van der Waals surface area contributed by atoms with E-state index < -0.39 is 0 Å². The first kappa shape index (κ1) is 11.6. The smallest absolute Gasteiger partial charge is 0.00672 e. The SMILES string of the molecule is C=C(/C=C\C=C/C)CCCSC. The molecule has 0 rings (SSSR count). The van der Waals surface area contributed by atoms with Gasteiger partial charge in [-0.05, 0) is 31.8 Å². The van der Waals surface area contributed by atoms with Crippen LogP contribution in [0.15, 0.2) is 36.5 Å². The van der Waals surface area contributed by atoms with Crippen molar-refractivity contribution in [1.29, 1.82) is 0 Å². The number of rotatable bonds is 6. The fourth-order valence-corrected chi connectivity index (χ4v) is 1.26. The van der Waals surface area contributed by atoms with Gasteiger partial charge in [0.2, 0.25) is 0 Å². The van der Waals surface area contributed by atoms with Gasteiger partial charge >= 0.3 is 0 Å². The highest BCUT2D eigenvalue weighted by atomic mass is 32.2. The monoisotopic (exact) mass is 182 g/mol. The fraction of sp³-hybridized carbons (Fsp3) is 0.455. The van der Waals surface area contributed by atoms with E-state index in [1.54, 1.807) is 0 Å². The van der Waals surface area contributed by atoms with Gasteiger partial charge in [0.05, 0.1) is 0 Å².